The quantitative estimate of drug-likeness (QED) is 0.876. The predicted octanol–water partition coefficient (Wildman–Crippen LogP) is 1.42. The van der Waals surface area contributed by atoms with Crippen LogP contribution in [-0.2, 0) is 6.42 Å². The number of rotatable bonds is 2. The van der Waals surface area contributed by atoms with Gasteiger partial charge < -0.3 is 15.0 Å². The fraction of sp³-hybridized carbons (Fsp3) is 0.250. The number of hydrogen-bond acceptors (Lipinski definition) is 3. The van der Waals surface area contributed by atoms with Gasteiger partial charge in [0, 0.05) is 17.3 Å². The Morgan fingerprint density at radius 2 is 2.14 bits per heavy atom. The Hall–Kier alpha value is -2.56. The van der Waals surface area contributed by atoms with Gasteiger partial charge in [0.15, 0.2) is 0 Å². The van der Waals surface area contributed by atoms with Crippen LogP contribution in [0.4, 0.5) is 0 Å². The van der Waals surface area contributed by atoms with Crippen molar-refractivity contribution in [1.82, 2.24) is 10.3 Å². The summed E-state index contributed by atoms with van der Waals surface area (Å²) in [6.07, 6.45) is 0.726. The second kappa shape index (κ2) is 5.44. The van der Waals surface area contributed by atoms with Crippen molar-refractivity contribution >= 4 is 5.91 Å². The zero-order valence-electron chi connectivity index (χ0n) is 11.7. The molecule has 2 heterocycles. The van der Waals surface area contributed by atoms with Gasteiger partial charge in [-0.15, -0.1) is 0 Å². The Bertz CT molecular complexity index is 736. The second-order valence-electron chi connectivity index (χ2n) is 5.21. The summed E-state index contributed by atoms with van der Waals surface area (Å²) in [5.41, 5.74) is 1.84. The summed E-state index contributed by atoms with van der Waals surface area (Å²) in [6, 6.07) is 10.7. The number of benzene rings is 1. The average Bonchev–Trinajstić information content (AvgIpc) is 2.46. The molecule has 0 bridgehead atoms. The molecule has 1 aromatic heterocycles. The maximum atomic E-state index is 12.2. The number of fused-ring (bicyclic) bond motifs is 1. The smallest absolute Gasteiger partial charge is 0.251 e. The Labute approximate surface area is 122 Å². The van der Waals surface area contributed by atoms with E-state index in [9.17, 15) is 9.59 Å². The summed E-state index contributed by atoms with van der Waals surface area (Å²) in [6.45, 7) is 2.18. The molecule has 0 spiro atoms. The van der Waals surface area contributed by atoms with E-state index in [0.717, 1.165) is 17.7 Å². The largest absolute Gasteiger partial charge is 0.491 e. The minimum absolute atomic E-state index is 0.0907. The number of pyridine rings is 1. The first-order valence-electron chi connectivity index (χ1n) is 6.84. The summed E-state index contributed by atoms with van der Waals surface area (Å²) in [7, 11) is 0. The van der Waals surface area contributed by atoms with Gasteiger partial charge in [0.05, 0.1) is 6.04 Å². The predicted molar refractivity (Wildman–Crippen MR) is 78.7 cm³/mol. The zero-order valence-corrected chi connectivity index (χ0v) is 11.7. The fourth-order valence-electron chi connectivity index (χ4n) is 2.50. The molecule has 0 saturated heterocycles. The number of amides is 1. The van der Waals surface area contributed by atoms with Crippen molar-refractivity contribution in [2.45, 2.75) is 19.4 Å². The third-order valence-electron chi connectivity index (χ3n) is 3.46. The summed E-state index contributed by atoms with van der Waals surface area (Å²) < 4.78 is 5.64. The topological polar surface area (TPSA) is 71.2 Å². The first-order valence-corrected chi connectivity index (χ1v) is 6.84. The third-order valence-corrected chi connectivity index (χ3v) is 3.46. The Morgan fingerprint density at radius 1 is 1.33 bits per heavy atom. The van der Waals surface area contributed by atoms with Crippen molar-refractivity contribution in [2.24, 2.45) is 0 Å². The number of hydrogen-bond donors (Lipinski definition) is 2. The third kappa shape index (κ3) is 2.97. The summed E-state index contributed by atoms with van der Waals surface area (Å²) in [5.74, 6) is 0.618. The van der Waals surface area contributed by atoms with Gasteiger partial charge in [-0.3, -0.25) is 9.59 Å². The normalized spacial score (nSPS) is 16.7. The monoisotopic (exact) mass is 284 g/mol. The molecule has 1 amide bonds. The molecule has 3 rings (SSSR count). The van der Waals surface area contributed by atoms with Crippen LogP contribution in [0, 0.1) is 6.92 Å². The molecule has 2 N–H and O–H groups in total. The molecule has 5 heteroatoms. The van der Waals surface area contributed by atoms with Crippen molar-refractivity contribution < 1.29 is 9.53 Å². The van der Waals surface area contributed by atoms with Crippen molar-refractivity contribution in [1.29, 1.82) is 0 Å². The first-order chi connectivity index (χ1) is 10.1. The molecule has 1 atom stereocenters. The van der Waals surface area contributed by atoms with Gasteiger partial charge in [0.25, 0.3) is 5.91 Å². The Kier molecular flexibility index (Phi) is 3.48. The number of nitrogens with one attached hydrogen (secondary N) is 2. The molecule has 21 heavy (non-hydrogen) atoms. The van der Waals surface area contributed by atoms with E-state index in [1.807, 2.05) is 24.3 Å². The van der Waals surface area contributed by atoms with Crippen LogP contribution in [0.15, 0.2) is 41.2 Å². The molecule has 1 aliphatic heterocycles. The van der Waals surface area contributed by atoms with Crippen LogP contribution in [0.1, 0.15) is 21.6 Å². The van der Waals surface area contributed by atoms with Crippen molar-refractivity contribution in [3.63, 3.8) is 0 Å². The first kappa shape index (κ1) is 13.4. The number of carbonyl (C=O) groups is 1. The maximum Gasteiger partial charge on any atom is 0.251 e. The number of aryl methyl sites for hydroxylation is 1. The molecule has 5 nitrogen and oxygen atoms in total. The molecule has 1 aromatic carbocycles. The lowest BCUT2D eigenvalue weighted by molar-refractivity contribution is 0.0915. The van der Waals surface area contributed by atoms with Gasteiger partial charge in [-0.2, -0.15) is 0 Å². The average molecular weight is 284 g/mol. The second-order valence-corrected chi connectivity index (χ2v) is 5.21. The number of aromatic amines is 1. The number of carbonyl (C=O) groups excluding carboxylic acids is 1. The van der Waals surface area contributed by atoms with E-state index < -0.39 is 0 Å². The highest BCUT2D eigenvalue weighted by molar-refractivity contribution is 5.94. The Morgan fingerprint density at radius 3 is 2.95 bits per heavy atom. The molecule has 0 unspecified atom stereocenters. The number of ether oxygens (including phenoxy) is 1. The van der Waals surface area contributed by atoms with Gasteiger partial charge in [0.2, 0.25) is 5.56 Å². The van der Waals surface area contributed by atoms with E-state index in [2.05, 4.69) is 10.3 Å². The summed E-state index contributed by atoms with van der Waals surface area (Å²) in [5, 5.41) is 2.91. The van der Waals surface area contributed by atoms with Crippen LogP contribution in [0.3, 0.4) is 0 Å². The molecular formula is C16H16N2O3. The lowest BCUT2D eigenvalue weighted by atomic mass is 10.0. The van der Waals surface area contributed by atoms with E-state index in [-0.39, 0.29) is 17.5 Å². The molecular weight excluding hydrogens is 268 g/mol. The Balaban J connectivity index is 1.73. The number of para-hydroxylation sites is 1. The maximum absolute atomic E-state index is 12.2. The van der Waals surface area contributed by atoms with Crippen molar-refractivity contribution in [2.75, 3.05) is 6.61 Å². The fourth-order valence-corrected chi connectivity index (χ4v) is 2.50. The number of H-pyrrole nitrogens is 1. The molecule has 0 saturated carbocycles. The van der Waals surface area contributed by atoms with E-state index in [4.69, 9.17) is 4.74 Å². The van der Waals surface area contributed by atoms with Crippen molar-refractivity contribution in [3.8, 4) is 5.75 Å². The lowest BCUT2D eigenvalue weighted by Crippen LogP contribution is -2.43. The number of aromatic nitrogens is 1. The molecule has 108 valence electrons. The SMILES string of the molecule is Cc1cc(C(=O)N[C@H]2COc3ccccc3C2)cc(=O)[nH]1. The van der Waals surface area contributed by atoms with Crippen LogP contribution in [0.5, 0.6) is 5.75 Å². The minimum atomic E-state index is -0.273. The highest BCUT2D eigenvalue weighted by Gasteiger charge is 2.21. The zero-order chi connectivity index (χ0) is 14.8. The summed E-state index contributed by atoms with van der Waals surface area (Å²) in [4.78, 5) is 26.2. The molecule has 2 aromatic rings. The van der Waals surface area contributed by atoms with Gasteiger partial charge in [0.1, 0.15) is 12.4 Å². The molecule has 0 fully saturated rings. The van der Waals surface area contributed by atoms with Crippen LogP contribution < -0.4 is 15.6 Å². The van der Waals surface area contributed by atoms with E-state index in [1.165, 1.54) is 6.07 Å². The van der Waals surface area contributed by atoms with Crippen molar-refractivity contribution in [3.05, 3.63) is 63.6 Å². The molecule has 0 aliphatic carbocycles. The van der Waals surface area contributed by atoms with E-state index >= 15 is 0 Å². The van der Waals surface area contributed by atoms with Crippen LogP contribution >= 0.6 is 0 Å². The van der Waals surface area contributed by atoms with Gasteiger partial charge in [-0.25, -0.2) is 0 Å². The highest BCUT2D eigenvalue weighted by atomic mass is 16.5. The van der Waals surface area contributed by atoms with Gasteiger partial charge >= 0.3 is 0 Å². The van der Waals surface area contributed by atoms with E-state index in [0.29, 0.717) is 17.9 Å². The molecule has 0 radical (unpaired) electrons. The minimum Gasteiger partial charge on any atom is -0.491 e. The van der Waals surface area contributed by atoms with Crippen LogP contribution in [0.2, 0.25) is 0 Å². The standard InChI is InChI=1S/C16H16N2O3/c1-10-6-12(8-15(19)17-10)16(20)18-13-7-11-4-2-3-5-14(11)21-9-13/h2-6,8,13H,7,9H2,1H3,(H,17,19)(H,18,20)/t13-/m1/s1. The molecule has 1 aliphatic rings. The lowest BCUT2D eigenvalue weighted by Gasteiger charge is -2.26. The van der Waals surface area contributed by atoms with Crippen LogP contribution in [-0.4, -0.2) is 23.5 Å². The summed E-state index contributed by atoms with van der Waals surface area (Å²) >= 11 is 0. The van der Waals surface area contributed by atoms with Gasteiger partial charge in [-0.1, -0.05) is 18.2 Å². The van der Waals surface area contributed by atoms with Crippen LogP contribution in [0.25, 0.3) is 0 Å². The van der Waals surface area contributed by atoms with E-state index in [1.54, 1.807) is 13.0 Å². The van der Waals surface area contributed by atoms with Gasteiger partial charge in [-0.05, 0) is 31.0 Å². The highest BCUT2D eigenvalue weighted by Crippen LogP contribution is 2.23.